The SMILES string of the molecule is CCC1CSC(C2CCSC2)N1. The van der Waals surface area contributed by atoms with Gasteiger partial charge in [-0.1, -0.05) is 6.92 Å². The van der Waals surface area contributed by atoms with Crippen LogP contribution in [0.1, 0.15) is 19.8 Å². The van der Waals surface area contributed by atoms with E-state index in [-0.39, 0.29) is 0 Å². The summed E-state index contributed by atoms with van der Waals surface area (Å²) in [6, 6.07) is 0.797. The Morgan fingerprint density at radius 2 is 2.33 bits per heavy atom. The van der Waals surface area contributed by atoms with Crippen LogP contribution < -0.4 is 5.32 Å². The molecule has 0 spiro atoms. The normalized spacial score (nSPS) is 42.2. The van der Waals surface area contributed by atoms with Gasteiger partial charge in [-0.2, -0.15) is 11.8 Å². The van der Waals surface area contributed by atoms with E-state index in [4.69, 9.17) is 0 Å². The van der Waals surface area contributed by atoms with Crippen molar-refractivity contribution >= 4 is 23.5 Å². The van der Waals surface area contributed by atoms with E-state index in [1.165, 1.54) is 30.1 Å². The highest BCUT2D eigenvalue weighted by Gasteiger charge is 2.31. The summed E-state index contributed by atoms with van der Waals surface area (Å²) in [7, 11) is 0. The highest BCUT2D eigenvalue weighted by Crippen LogP contribution is 2.34. The predicted molar refractivity (Wildman–Crippen MR) is 58.9 cm³/mol. The molecule has 1 nitrogen and oxygen atoms in total. The summed E-state index contributed by atoms with van der Waals surface area (Å²) in [5, 5.41) is 4.51. The molecule has 1 N–H and O–H groups in total. The van der Waals surface area contributed by atoms with Gasteiger partial charge in [0.25, 0.3) is 0 Å². The van der Waals surface area contributed by atoms with Gasteiger partial charge in [-0.15, -0.1) is 11.8 Å². The molecule has 0 amide bonds. The van der Waals surface area contributed by atoms with E-state index in [0.29, 0.717) is 0 Å². The summed E-state index contributed by atoms with van der Waals surface area (Å²) in [4.78, 5) is 0. The molecule has 70 valence electrons. The fourth-order valence-electron chi connectivity index (χ4n) is 1.85. The van der Waals surface area contributed by atoms with Crippen molar-refractivity contribution < 1.29 is 0 Å². The maximum atomic E-state index is 3.73. The number of rotatable bonds is 2. The second kappa shape index (κ2) is 4.25. The van der Waals surface area contributed by atoms with Crippen LogP contribution in [0.5, 0.6) is 0 Å². The first-order valence-electron chi connectivity index (χ1n) is 4.85. The molecule has 0 aromatic heterocycles. The molecule has 2 saturated heterocycles. The molecule has 3 heteroatoms. The summed E-state index contributed by atoms with van der Waals surface area (Å²) < 4.78 is 0. The minimum absolute atomic E-state index is 0.782. The summed E-state index contributed by atoms with van der Waals surface area (Å²) in [6.45, 7) is 2.28. The van der Waals surface area contributed by atoms with Crippen molar-refractivity contribution in [1.29, 1.82) is 0 Å². The molecule has 0 aliphatic carbocycles. The third-order valence-electron chi connectivity index (χ3n) is 2.76. The molecule has 2 fully saturated rings. The van der Waals surface area contributed by atoms with Crippen molar-refractivity contribution in [3.8, 4) is 0 Å². The zero-order chi connectivity index (χ0) is 8.39. The first kappa shape index (κ1) is 9.22. The Labute approximate surface area is 83.4 Å². The van der Waals surface area contributed by atoms with Crippen LogP contribution in [-0.4, -0.2) is 28.7 Å². The van der Waals surface area contributed by atoms with E-state index in [0.717, 1.165) is 17.3 Å². The zero-order valence-electron chi connectivity index (χ0n) is 7.58. The first-order chi connectivity index (χ1) is 5.90. The summed E-state index contributed by atoms with van der Waals surface area (Å²) in [6.07, 6.45) is 2.73. The van der Waals surface area contributed by atoms with E-state index in [2.05, 4.69) is 35.8 Å². The standard InChI is InChI=1S/C9H17NS2/c1-2-8-6-12-9(10-8)7-3-4-11-5-7/h7-10H,2-6H2,1H3. The van der Waals surface area contributed by atoms with Gasteiger partial charge in [-0.05, 0) is 30.3 Å². The van der Waals surface area contributed by atoms with Crippen LogP contribution in [0, 0.1) is 5.92 Å². The highest BCUT2D eigenvalue weighted by atomic mass is 32.2. The molecular weight excluding hydrogens is 186 g/mol. The minimum atomic E-state index is 0.782. The topological polar surface area (TPSA) is 12.0 Å². The van der Waals surface area contributed by atoms with E-state index in [9.17, 15) is 0 Å². The molecule has 0 radical (unpaired) electrons. The van der Waals surface area contributed by atoms with E-state index in [1.54, 1.807) is 0 Å². The molecule has 0 aromatic rings. The smallest absolute Gasteiger partial charge is 0.0571 e. The van der Waals surface area contributed by atoms with Crippen molar-refractivity contribution in [2.75, 3.05) is 17.3 Å². The molecule has 3 atom stereocenters. The van der Waals surface area contributed by atoms with E-state index < -0.39 is 0 Å². The van der Waals surface area contributed by atoms with Gasteiger partial charge in [0.2, 0.25) is 0 Å². The van der Waals surface area contributed by atoms with Gasteiger partial charge >= 0.3 is 0 Å². The van der Waals surface area contributed by atoms with Crippen molar-refractivity contribution in [1.82, 2.24) is 5.32 Å². The van der Waals surface area contributed by atoms with Crippen LogP contribution in [0.2, 0.25) is 0 Å². The molecule has 3 unspecified atom stereocenters. The van der Waals surface area contributed by atoms with Gasteiger partial charge < -0.3 is 5.32 Å². The van der Waals surface area contributed by atoms with Crippen molar-refractivity contribution in [3.05, 3.63) is 0 Å². The lowest BCUT2D eigenvalue weighted by molar-refractivity contribution is 0.456. The molecule has 0 saturated carbocycles. The Bertz CT molecular complexity index is 145. The molecule has 0 bridgehead atoms. The third kappa shape index (κ3) is 1.94. The maximum Gasteiger partial charge on any atom is 0.0571 e. The maximum absolute atomic E-state index is 3.73. The average molecular weight is 203 g/mol. The van der Waals surface area contributed by atoms with Crippen LogP contribution >= 0.6 is 23.5 Å². The lowest BCUT2D eigenvalue weighted by Gasteiger charge is -2.17. The molecule has 2 heterocycles. The van der Waals surface area contributed by atoms with Crippen molar-refractivity contribution in [2.45, 2.75) is 31.2 Å². The zero-order valence-corrected chi connectivity index (χ0v) is 9.22. The Morgan fingerprint density at radius 1 is 1.42 bits per heavy atom. The number of thioether (sulfide) groups is 2. The van der Waals surface area contributed by atoms with Crippen LogP contribution in [0.25, 0.3) is 0 Å². The molecule has 2 aliphatic heterocycles. The Balaban J connectivity index is 1.81. The third-order valence-corrected chi connectivity index (χ3v) is 5.43. The Kier molecular flexibility index (Phi) is 3.27. The Hall–Kier alpha value is 0.660. The average Bonchev–Trinajstić information content (AvgIpc) is 2.75. The van der Waals surface area contributed by atoms with Gasteiger partial charge in [0, 0.05) is 11.8 Å². The lowest BCUT2D eigenvalue weighted by Crippen LogP contribution is -2.34. The van der Waals surface area contributed by atoms with Crippen LogP contribution in [0.4, 0.5) is 0 Å². The van der Waals surface area contributed by atoms with Crippen LogP contribution in [0.3, 0.4) is 0 Å². The lowest BCUT2D eigenvalue weighted by atomic mass is 10.1. The molecular formula is C9H17NS2. The van der Waals surface area contributed by atoms with E-state index in [1.807, 2.05) is 0 Å². The van der Waals surface area contributed by atoms with Crippen molar-refractivity contribution in [2.24, 2.45) is 5.92 Å². The highest BCUT2D eigenvalue weighted by molar-refractivity contribution is 8.00. The molecule has 2 aliphatic rings. The molecule has 2 rings (SSSR count). The summed E-state index contributed by atoms with van der Waals surface area (Å²) in [5.74, 6) is 5.07. The van der Waals surface area contributed by atoms with Gasteiger partial charge in [-0.3, -0.25) is 0 Å². The number of nitrogens with one attached hydrogen (secondary N) is 1. The van der Waals surface area contributed by atoms with Gasteiger partial charge in [0.05, 0.1) is 5.37 Å². The van der Waals surface area contributed by atoms with E-state index >= 15 is 0 Å². The second-order valence-corrected chi connectivity index (χ2v) is 5.97. The number of hydrogen-bond acceptors (Lipinski definition) is 3. The minimum Gasteiger partial charge on any atom is -0.301 e. The fourth-order valence-corrected chi connectivity index (χ4v) is 4.83. The first-order valence-corrected chi connectivity index (χ1v) is 7.06. The number of hydrogen-bond donors (Lipinski definition) is 1. The van der Waals surface area contributed by atoms with Gasteiger partial charge in [-0.25, -0.2) is 0 Å². The molecule has 0 aromatic carbocycles. The summed E-state index contributed by atoms with van der Waals surface area (Å²) >= 11 is 4.27. The monoisotopic (exact) mass is 203 g/mol. The Morgan fingerprint density at radius 3 is 2.92 bits per heavy atom. The summed E-state index contributed by atoms with van der Waals surface area (Å²) in [5.41, 5.74) is 0. The van der Waals surface area contributed by atoms with Crippen LogP contribution in [0.15, 0.2) is 0 Å². The van der Waals surface area contributed by atoms with Gasteiger partial charge in [0.1, 0.15) is 0 Å². The largest absolute Gasteiger partial charge is 0.301 e. The van der Waals surface area contributed by atoms with Crippen LogP contribution in [-0.2, 0) is 0 Å². The predicted octanol–water partition coefficient (Wildman–Crippen LogP) is 2.18. The quantitative estimate of drug-likeness (QED) is 0.739. The second-order valence-electron chi connectivity index (χ2n) is 3.65. The molecule has 12 heavy (non-hydrogen) atoms. The van der Waals surface area contributed by atoms with Gasteiger partial charge in [0.15, 0.2) is 0 Å². The van der Waals surface area contributed by atoms with Crippen molar-refractivity contribution in [3.63, 3.8) is 0 Å². The fraction of sp³-hybridized carbons (Fsp3) is 1.00.